The van der Waals surface area contributed by atoms with Crippen LogP contribution in [-0.2, 0) is 17.6 Å². The van der Waals surface area contributed by atoms with Crippen LogP contribution in [0.4, 0.5) is 5.13 Å². The lowest BCUT2D eigenvalue weighted by Crippen LogP contribution is -2.32. The van der Waals surface area contributed by atoms with E-state index >= 15 is 0 Å². The van der Waals surface area contributed by atoms with Gasteiger partial charge in [0.15, 0.2) is 5.13 Å². The summed E-state index contributed by atoms with van der Waals surface area (Å²) in [4.78, 5) is 17.3. The van der Waals surface area contributed by atoms with Crippen molar-refractivity contribution in [1.29, 1.82) is 0 Å². The fourth-order valence-electron chi connectivity index (χ4n) is 1.98. The van der Waals surface area contributed by atoms with Crippen LogP contribution in [-0.4, -0.2) is 16.9 Å². The Morgan fingerprint density at radius 3 is 2.67 bits per heavy atom. The van der Waals surface area contributed by atoms with Gasteiger partial charge in [-0.15, -0.1) is 23.7 Å². The van der Waals surface area contributed by atoms with E-state index in [2.05, 4.69) is 10.3 Å². The first kappa shape index (κ1) is 15.4. The molecule has 1 aliphatic rings. The topological polar surface area (TPSA) is 68.0 Å². The minimum absolute atomic E-state index is 0. The van der Waals surface area contributed by atoms with Gasteiger partial charge in [-0.3, -0.25) is 4.79 Å². The predicted octanol–water partition coefficient (Wildman–Crippen LogP) is 2.51. The number of hydrogen-bond acceptors (Lipinski definition) is 4. The molecule has 6 heteroatoms. The minimum atomic E-state index is -0.485. The van der Waals surface area contributed by atoms with Crippen LogP contribution in [0.15, 0.2) is 0 Å². The number of carbonyl (C=O) groups excluding carboxylic acids is 1. The molecule has 0 aromatic carbocycles. The molecule has 1 aliphatic carbocycles. The van der Waals surface area contributed by atoms with Gasteiger partial charge in [-0.05, 0) is 32.6 Å². The number of halogens is 1. The number of aryl methyl sites for hydroxylation is 2. The van der Waals surface area contributed by atoms with Crippen LogP contribution in [0.5, 0.6) is 0 Å². The monoisotopic (exact) mass is 289 g/mol. The molecule has 0 saturated carbocycles. The van der Waals surface area contributed by atoms with Gasteiger partial charge in [0.1, 0.15) is 0 Å². The van der Waals surface area contributed by atoms with Gasteiger partial charge in [-0.25, -0.2) is 4.98 Å². The van der Waals surface area contributed by atoms with Gasteiger partial charge in [0.2, 0.25) is 5.91 Å². The number of carbonyl (C=O) groups is 1. The Labute approximate surface area is 118 Å². The normalized spacial score (nSPS) is 16.8. The summed E-state index contributed by atoms with van der Waals surface area (Å²) in [6.07, 6.45) is 7.17. The molecule has 0 spiro atoms. The molecule has 1 aromatic rings. The zero-order chi connectivity index (χ0) is 12.3. The summed E-state index contributed by atoms with van der Waals surface area (Å²) in [5.41, 5.74) is 6.70. The van der Waals surface area contributed by atoms with Crippen molar-refractivity contribution in [2.75, 3.05) is 5.32 Å². The number of hydrogen-bond donors (Lipinski definition) is 2. The Morgan fingerprint density at radius 2 is 2.00 bits per heavy atom. The van der Waals surface area contributed by atoms with Crippen molar-refractivity contribution in [3.8, 4) is 0 Å². The van der Waals surface area contributed by atoms with Crippen molar-refractivity contribution >= 4 is 34.8 Å². The Balaban J connectivity index is 0.00000162. The van der Waals surface area contributed by atoms with E-state index < -0.39 is 6.04 Å². The van der Waals surface area contributed by atoms with E-state index in [9.17, 15) is 4.79 Å². The molecule has 3 N–H and O–H groups in total. The van der Waals surface area contributed by atoms with Crippen molar-refractivity contribution in [2.24, 2.45) is 5.73 Å². The van der Waals surface area contributed by atoms with E-state index in [-0.39, 0.29) is 18.3 Å². The Hall–Kier alpha value is -0.650. The maximum atomic E-state index is 11.5. The number of thiazole rings is 1. The van der Waals surface area contributed by atoms with Crippen LogP contribution in [0.25, 0.3) is 0 Å². The summed E-state index contributed by atoms with van der Waals surface area (Å²) >= 11 is 1.61. The smallest absolute Gasteiger partial charge is 0.242 e. The summed E-state index contributed by atoms with van der Waals surface area (Å²) in [6, 6.07) is -0.485. The van der Waals surface area contributed by atoms with Gasteiger partial charge in [-0.2, -0.15) is 0 Å². The van der Waals surface area contributed by atoms with Gasteiger partial charge < -0.3 is 11.1 Å². The molecule has 4 nitrogen and oxygen atoms in total. The standard InChI is InChI=1S/C12H19N3OS.ClH/c1-8(13)11(16)15-12-14-9-6-4-2-3-5-7-10(9)17-12;/h8H,2-7,13H2,1H3,(H,14,15,16);1H/t8-;/m0./s1. The highest BCUT2D eigenvalue weighted by molar-refractivity contribution is 7.15. The highest BCUT2D eigenvalue weighted by Gasteiger charge is 2.15. The average Bonchev–Trinajstić information content (AvgIpc) is 2.60. The van der Waals surface area contributed by atoms with Gasteiger partial charge in [0.25, 0.3) is 0 Å². The maximum Gasteiger partial charge on any atom is 0.242 e. The fourth-order valence-corrected chi connectivity index (χ4v) is 3.03. The van der Waals surface area contributed by atoms with E-state index in [1.807, 2.05) is 0 Å². The molecule has 1 heterocycles. The molecule has 0 bridgehead atoms. The number of nitrogens with one attached hydrogen (secondary N) is 1. The van der Waals surface area contributed by atoms with Crippen LogP contribution in [0.2, 0.25) is 0 Å². The first-order valence-electron chi connectivity index (χ1n) is 6.22. The Kier molecular flexibility index (Phi) is 6.05. The van der Waals surface area contributed by atoms with E-state index in [4.69, 9.17) is 5.73 Å². The molecule has 0 fully saturated rings. The molecule has 18 heavy (non-hydrogen) atoms. The van der Waals surface area contributed by atoms with Crippen LogP contribution < -0.4 is 11.1 Å². The minimum Gasteiger partial charge on any atom is -0.320 e. The lowest BCUT2D eigenvalue weighted by atomic mass is 10.0. The summed E-state index contributed by atoms with van der Waals surface area (Å²) in [5, 5.41) is 3.49. The highest BCUT2D eigenvalue weighted by atomic mass is 35.5. The summed E-state index contributed by atoms with van der Waals surface area (Å²) in [5.74, 6) is -0.160. The number of amides is 1. The van der Waals surface area contributed by atoms with Crippen molar-refractivity contribution in [3.05, 3.63) is 10.6 Å². The van der Waals surface area contributed by atoms with E-state index in [1.54, 1.807) is 18.3 Å². The molecule has 0 saturated heterocycles. The zero-order valence-electron chi connectivity index (χ0n) is 10.6. The third kappa shape index (κ3) is 3.93. The second kappa shape index (κ2) is 7.07. The average molecular weight is 290 g/mol. The zero-order valence-corrected chi connectivity index (χ0v) is 12.2. The number of nitrogens with zero attached hydrogens (tertiary/aromatic N) is 1. The second-order valence-electron chi connectivity index (χ2n) is 4.58. The van der Waals surface area contributed by atoms with Gasteiger partial charge in [-0.1, -0.05) is 12.8 Å². The summed E-state index contributed by atoms with van der Waals surface area (Å²) < 4.78 is 0. The first-order chi connectivity index (χ1) is 8.16. The third-order valence-electron chi connectivity index (χ3n) is 2.99. The van der Waals surface area contributed by atoms with E-state index in [0.29, 0.717) is 5.13 Å². The molecule has 1 atom stereocenters. The molecule has 0 aliphatic heterocycles. The number of rotatable bonds is 2. The first-order valence-corrected chi connectivity index (χ1v) is 7.03. The number of fused-ring (bicyclic) bond motifs is 1. The lowest BCUT2D eigenvalue weighted by Gasteiger charge is -2.06. The molecule has 1 amide bonds. The highest BCUT2D eigenvalue weighted by Crippen LogP contribution is 2.28. The largest absolute Gasteiger partial charge is 0.320 e. The predicted molar refractivity (Wildman–Crippen MR) is 77.5 cm³/mol. The van der Waals surface area contributed by atoms with E-state index in [0.717, 1.165) is 12.8 Å². The van der Waals surface area contributed by atoms with Crippen molar-refractivity contribution in [2.45, 2.75) is 51.5 Å². The third-order valence-corrected chi connectivity index (χ3v) is 4.06. The molecule has 0 radical (unpaired) electrons. The second-order valence-corrected chi connectivity index (χ2v) is 5.66. The number of anilines is 1. The number of aromatic nitrogens is 1. The van der Waals surface area contributed by atoms with Crippen molar-refractivity contribution in [3.63, 3.8) is 0 Å². The van der Waals surface area contributed by atoms with Gasteiger partial charge >= 0.3 is 0 Å². The quantitative estimate of drug-likeness (QED) is 0.879. The number of nitrogens with two attached hydrogens (primary N) is 1. The Morgan fingerprint density at radius 1 is 1.33 bits per heavy atom. The summed E-state index contributed by atoms with van der Waals surface area (Å²) in [6.45, 7) is 1.68. The molecular formula is C12H20ClN3OS. The van der Waals surface area contributed by atoms with Crippen LogP contribution in [0, 0.1) is 0 Å². The van der Waals surface area contributed by atoms with Crippen LogP contribution in [0.1, 0.15) is 43.2 Å². The Bertz CT molecular complexity index is 381. The van der Waals surface area contributed by atoms with Crippen molar-refractivity contribution in [1.82, 2.24) is 4.98 Å². The van der Waals surface area contributed by atoms with Gasteiger partial charge in [0, 0.05) is 4.88 Å². The van der Waals surface area contributed by atoms with Crippen LogP contribution in [0.3, 0.4) is 0 Å². The van der Waals surface area contributed by atoms with Crippen molar-refractivity contribution < 1.29 is 4.79 Å². The molecular weight excluding hydrogens is 270 g/mol. The van der Waals surface area contributed by atoms with Crippen LogP contribution >= 0.6 is 23.7 Å². The molecule has 102 valence electrons. The molecule has 0 unspecified atom stereocenters. The molecule has 1 aromatic heterocycles. The van der Waals surface area contributed by atoms with E-state index in [1.165, 1.54) is 36.3 Å². The van der Waals surface area contributed by atoms with Gasteiger partial charge in [0.05, 0.1) is 11.7 Å². The SMILES string of the molecule is C[C@H](N)C(=O)Nc1nc2c(s1)CCCCCC2.Cl. The maximum absolute atomic E-state index is 11.5. The lowest BCUT2D eigenvalue weighted by molar-refractivity contribution is -0.117. The summed E-state index contributed by atoms with van der Waals surface area (Å²) in [7, 11) is 0. The molecule has 2 rings (SSSR count). The fraction of sp³-hybridized carbons (Fsp3) is 0.667.